The van der Waals surface area contributed by atoms with Crippen molar-refractivity contribution in [2.24, 2.45) is 0 Å². The summed E-state index contributed by atoms with van der Waals surface area (Å²) in [5.41, 5.74) is 2.26. The Morgan fingerprint density at radius 1 is 1.54 bits per heavy atom. The van der Waals surface area contributed by atoms with Crippen LogP contribution in [0.4, 0.5) is 5.69 Å². The zero-order valence-corrected chi connectivity index (χ0v) is 8.61. The van der Waals surface area contributed by atoms with E-state index < -0.39 is 0 Å². The predicted octanol–water partition coefficient (Wildman–Crippen LogP) is 3.00. The van der Waals surface area contributed by atoms with Gasteiger partial charge in [-0.2, -0.15) is 5.26 Å². The Morgan fingerprint density at radius 2 is 2.31 bits per heavy atom. The second-order valence-electron chi connectivity index (χ2n) is 2.70. The molecule has 1 aromatic carbocycles. The molecule has 0 amide bonds. The van der Waals surface area contributed by atoms with Gasteiger partial charge in [0.25, 0.3) is 0 Å². The molecule has 0 aliphatic heterocycles. The number of thioether (sulfide) groups is 1. The van der Waals surface area contributed by atoms with Crippen LogP contribution in [0.5, 0.6) is 0 Å². The normalized spacial score (nSPS) is 9.31. The summed E-state index contributed by atoms with van der Waals surface area (Å²) in [6.07, 6.45) is 0. The highest BCUT2D eigenvalue weighted by atomic mass is 32.2. The average Bonchev–Trinajstić information content (AvgIpc) is 2.10. The molecular weight excluding hydrogens is 180 g/mol. The number of nitrogens with one attached hydrogen (secondary N) is 1. The summed E-state index contributed by atoms with van der Waals surface area (Å²) in [6.45, 7) is 5.00. The Bertz CT molecular complexity index is 328. The molecule has 0 bridgehead atoms. The second-order valence-corrected chi connectivity index (χ2v) is 3.53. The van der Waals surface area contributed by atoms with Crippen LogP contribution in [0.15, 0.2) is 23.1 Å². The topological polar surface area (TPSA) is 35.8 Å². The number of hydrogen-bond acceptors (Lipinski definition) is 3. The minimum Gasteiger partial charge on any atom is -0.385 e. The quantitative estimate of drug-likeness (QED) is 0.590. The van der Waals surface area contributed by atoms with Crippen LogP contribution in [0.25, 0.3) is 0 Å². The molecule has 13 heavy (non-hydrogen) atoms. The van der Waals surface area contributed by atoms with Gasteiger partial charge in [0.2, 0.25) is 0 Å². The van der Waals surface area contributed by atoms with Gasteiger partial charge in [0.15, 0.2) is 0 Å². The third-order valence-electron chi connectivity index (χ3n) is 1.71. The maximum atomic E-state index is 8.51. The maximum Gasteiger partial charge on any atom is 0.138 e. The van der Waals surface area contributed by atoms with Crippen molar-refractivity contribution in [2.75, 3.05) is 11.9 Å². The van der Waals surface area contributed by atoms with Crippen LogP contribution < -0.4 is 5.32 Å². The highest BCUT2D eigenvalue weighted by molar-refractivity contribution is 8.03. The lowest BCUT2D eigenvalue weighted by Gasteiger charge is -2.06. The van der Waals surface area contributed by atoms with E-state index in [1.807, 2.05) is 19.1 Å². The van der Waals surface area contributed by atoms with E-state index in [1.54, 1.807) is 0 Å². The van der Waals surface area contributed by atoms with Crippen molar-refractivity contribution >= 4 is 17.4 Å². The first-order valence-corrected chi connectivity index (χ1v) is 5.00. The molecule has 2 nitrogen and oxygen atoms in total. The predicted molar refractivity (Wildman–Crippen MR) is 56.8 cm³/mol. The second kappa shape index (κ2) is 4.78. The third kappa shape index (κ3) is 2.67. The smallest absolute Gasteiger partial charge is 0.138 e. The first kappa shape index (κ1) is 9.94. The van der Waals surface area contributed by atoms with E-state index in [2.05, 4.69) is 23.7 Å². The average molecular weight is 192 g/mol. The zero-order chi connectivity index (χ0) is 9.68. The molecule has 1 rings (SSSR count). The summed E-state index contributed by atoms with van der Waals surface area (Å²) in [6, 6.07) is 6.03. The van der Waals surface area contributed by atoms with Crippen molar-refractivity contribution in [1.82, 2.24) is 0 Å². The van der Waals surface area contributed by atoms with Crippen molar-refractivity contribution in [3.05, 3.63) is 23.8 Å². The summed E-state index contributed by atoms with van der Waals surface area (Å²) < 4.78 is 0. The van der Waals surface area contributed by atoms with Gasteiger partial charge >= 0.3 is 0 Å². The van der Waals surface area contributed by atoms with E-state index in [9.17, 15) is 0 Å². The summed E-state index contributed by atoms with van der Waals surface area (Å²) in [4.78, 5) is 1.03. The molecule has 0 saturated carbocycles. The van der Waals surface area contributed by atoms with Crippen LogP contribution in [0.1, 0.15) is 12.5 Å². The fourth-order valence-electron chi connectivity index (χ4n) is 1.13. The summed E-state index contributed by atoms with van der Waals surface area (Å²) in [7, 11) is 0. The molecule has 1 aromatic rings. The SMILES string of the molecule is CCNc1ccc(SC#N)c(C)c1. The van der Waals surface area contributed by atoms with Crippen LogP contribution in [0.3, 0.4) is 0 Å². The van der Waals surface area contributed by atoms with Gasteiger partial charge in [-0.05, 0) is 49.4 Å². The summed E-state index contributed by atoms with van der Waals surface area (Å²) >= 11 is 1.21. The van der Waals surface area contributed by atoms with Crippen molar-refractivity contribution in [1.29, 1.82) is 5.26 Å². The van der Waals surface area contributed by atoms with E-state index in [4.69, 9.17) is 5.26 Å². The number of nitriles is 1. The molecule has 0 fully saturated rings. The lowest BCUT2D eigenvalue weighted by Crippen LogP contribution is -1.96. The molecule has 0 radical (unpaired) electrons. The maximum absolute atomic E-state index is 8.51. The van der Waals surface area contributed by atoms with Gasteiger partial charge in [-0.25, -0.2) is 0 Å². The molecule has 0 aromatic heterocycles. The summed E-state index contributed by atoms with van der Waals surface area (Å²) in [5, 5.41) is 13.8. The van der Waals surface area contributed by atoms with Crippen LogP contribution in [-0.2, 0) is 0 Å². The van der Waals surface area contributed by atoms with Crippen LogP contribution in [-0.4, -0.2) is 6.54 Å². The largest absolute Gasteiger partial charge is 0.385 e. The van der Waals surface area contributed by atoms with Crippen molar-refractivity contribution in [3.63, 3.8) is 0 Å². The number of anilines is 1. The van der Waals surface area contributed by atoms with E-state index >= 15 is 0 Å². The third-order valence-corrected chi connectivity index (χ3v) is 2.48. The van der Waals surface area contributed by atoms with Gasteiger partial charge in [-0.1, -0.05) is 0 Å². The minimum absolute atomic E-state index is 0.921. The highest BCUT2D eigenvalue weighted by Gasteiger charge is 1.99. The molecule has 0 heterocycles. The molecule has 0 aliphatic carbocycles. The van der Waals surface area contributed by atoms with Gasteiger partial charge < -0.3 is 5.32 Å². The molecule has 68 valence electrons. The van der Waals surface area contributed by atoms with Crippen molar-refractivity contribution < 1.29 is 0 Å². The molecule has 0 atom stereocenters. The van der Waals surface area contributed by atoms with Gasteiger partial charge in [0.05, 0.1) is 0 Å². The molecule has 1 N–H and O–H groups in total. The zero-order valence-electron chi connectivity index (χ0n) is 7.79. The van der Waals surface area contributed by atoms with Crippen molar-refractivity contribution in [3.8, 4) is 5.40 Å². The lowest BCUT2D eigenvalue weighted by atomic mass is 10.2. The minimum atomic E-state index is 0.921. The van der Waals surface area contributed by atoms with E-state index in [-0.39, 0.29) is 0 Å². The number of benzene rings is 1. The summed E-state index contributed by atoms with van der Waals surface area (Å²) in [5.74, 6) is 0. The fraction of sp³-hybridized carbons (Fsp3) is 0.300. The number of hydrogen-bond donors (Lipinski definition) is 1. The molecular formula is C10H12N2S. The van der Waals surface area contributed by atoms with Crippen LogP contribution >= 0.6 is 11.8 Å². The molecule has 0 saturated heterocycles. The Morgan fingerprint density at radius 3 is 2.85 bits per heavy atom. The lowest BCUT2D eigenvalue weighted by molar-refractivity contribution is 1.20. The van der Waals surface area contributed by atoms with Crippen LogP contribution in [0.2, 0.25) is 0 Å². The molecule has 0 aliphatic rings. The van der Waals surface area contributed by atoms with Gasteiger partial charge in [0.1, 0.15) is 5.40 Å². The van der Waals surface area contributed by atoms with Crippen molar-refractivity contribution in [2.45, 2.75) is 18.7 Å². The van der Waals surface area contributed by atoms with E-state index in [0.717, 1.165) is 22.7 Å². The Labute approximate surface area is 83.0 Å². The number of rotatable bonds is 3. The Balaban J connectivity index is 2.86. The monoisotopic (exact) mass is 192 g/mol. The van der Waals surface area contributed by atoms with E-state index in [0.29, 0.717) is 0 Å². The molecule has 0 unspecified atom stereocenters. The standard InChI is InChI=1S/C10H12N2S/c1-3-12-9-4-5-10(13-7-11)8(2)6-9/h4-6,12H,3H2,1-2H3. The van der Waals surface area contributed by atoms with Gasteiger partial charge in [0, 0.05) is 17.1 Å². The van der Waals surface area contributed by atoms with Gasteiger partial charge in [-0.3, -0.25) is 0 Å². The molecule has 3 heteroatoms. The highest BCUT2D eigenvalue weighted by Crippen LogP contribution is 2.23. The van der Waals surface area contributed by atoms with Gasteiger partial charge in [-0.15, -0.1) is 0 Å². The number of nitrogens with zero attached hydrogens (tertiary/aromatic N) is 1. The fourth-order valence-corrected chi connectivity index (χ4v) is 1.58. The first-order valence-electron chi connectivity index (χ1n) is 4.18. The van der Waals surface area contributed by atoms with Crippen LogP contribution in [0, 0.1) is 17.6 Å². The number of aryl methyl sites for hydroxylation is 1. The molecule has 0 spiro atoms. The van der Waals surface area contributed by atoms with E-state index in [1.165, 1.54) is 11.8 Å². The Hall–Kier alpha value is -1.14. The number of thiocyanates is 1. The Kier molecular flexibility index (Phi) is 3.66. The first-order chi connectivity index (χ1) is 6.27.